The van der Waals surface area contributed by atoms with Crippen molar-refractivity contribution < 1.29 is 0 Å². The first kappa shape index (κ1) is 13.1. The van der Waals surface area contributed by atoms with Gasteiger partial charge in [0.2, 0.25) is 0 Å². The number of hydrogen-bond acceptors (Lipinski definition) is 3. The molecule has 2 rings (SSSR count). The van der Waals surface area contributed by atoms with Crippen LogP contribution in [0.4, 0.5) is 0 Å². The molecule has 0 aliphatic carbocycles. The molecule has 1 aliphatic heterocycles. The van der Waals surface area contributed by atoms with E-state index in [1.165, 1.54) is 37.9 Å². The van der Waals surface area contributed by atoms with Gasteiger partial charge in [0, 0.05) is 31.7 Å². The minimum absolute atomic E-state index is 0.397. The summed E-state index contributed by atoms with van der Waals surface area (Å²) in [7, 11) is 0. The summed E-state index contributed by atoms with van der Waals surface area (Å²) in [5.41, 5.74) is 1.89. The molecule has 2 nitrogen and oxygen atoms in total. The molecule has 0 amide bonds. The lowest BCUT2D eigenvalue weighted by molar-refractivity contribution is 0.0533. The summed E-state index contributed by atoms with van der Waals surface area (Å²) in [6, 6.07) is 2.26. The lowest BCUT2D eigenvalue weighted by Gasteiger charge is -2.47. The van der Waals surface area contributed by atoms with Crippen LogP contribution in [-0.4, -0.2) is 36.6 Å². The van der Waals surface area contributed by atoms with E-state index < -0.39 is 0 Å². The summed E-state index contributed by atoms with van der Waals surface area (Å²) in [6.45, 7) is 9.36. The standard InChI is InChI=1S/C14H24N2S/c1-3-14(4-2)12-15-7-9-16(14)8-5-13-6-10-17-11-13/h6,10-11,15H,3-5,7-9,12H2,1-2H3. The van der Waals surface area contributed by atoms with Crippen molar-refractivity contribution in [2.75, 3.05) is 26.2 Å². The highest BCUT2D eigenvalue weighted by Crippen LogP contribution is 2.25. The molecule has 0 spiro atoms. The molecule has 1 aliphatic rings. The highest BCUT2D eigenvalue weighted by Gasteiger charge is 2.34. The van der Waals surface area contributed by atoms with Gasteiger partial charge in [-0.05, 0) is 41.7 Å². The summed E-state index contributed by atoms with van der Waals surface area (Å²) < 4.78 is 0. The fourth-order valence-corrected chi connectivity index (χ4v) is 3.58. The van der Waals surface area contributed by atoms with Crippen LogP contribution in [0.5, 0.6) is 0 Å². The molecule has 0 bridgehead atoms. The van der Waals surface area contributed by atoms with Crippen molar-refractivity contribution >= 4 is 11.3 Å². The van der Waals surface area contributed by atoms with Crippen LogP contribution in [0.3, 0.4) is 0 Å². The highest BCUT2D eigenvalue weighted by molar-refractivity contribution is 7.07. The third-order valence-corrected chi connectivity index (χ3v) is 4.98. The van der Waals surface area contributed by atoms with Crippen molar-refractivity contribution in [3.05, 3.63) is 22.4 Å². The van der Waals surface area contributed by atoms with Gasteiger partial charge < -0.3 is 5.32 Å². The van der Waals surface area contributed by atoms with Gasteiger partial charge in [0.25, 0.3) is 0 Å². The van der Waals surface area contributed by atoms with Gasteiger partial charge in [0.15, 0.2) is 0 Å². The highest BCUT2D eigenvalue weighted by atomic mass is 32.1. The first-order chi connectivity index (χ1) is 8.30. The van der Waals surface area contributed by atoms with Crippen LogP contribution >= 0.6 is 11.3 Å². The van der Waals surface area contributed by atoms with Crippen LogP contribution < -0.4 is 5.32 Å². The van der Waals surface area contributed by atoms with Gasteiger partial charge >= 0.3 is 0 Å². The third-order valence-electron chi connectivity index (χ3n) is 4.25. The number of rotatable bonds is 5. The first-order valence-corrected chi connectivity index (χ1v) is 7.72. The molecule has 1 aromatic heterocycles. The molecule has 0 aromatic carbocycles. The zero-order valence-corrected chi connectivity index (χ0v) is 11.9. The molecular weight excluding hydrogens is 228 g/mol. The second-order valence-corrected chi connectivity index (χ2v) is 5.76. The summed E-state index contributed by atoms with van der Waals surface area (Å²) >= 11 is 1.81. The van der Waals surface area contributed by atoms with E-state index in [0.29, 0.717) is 5.54 Å². The maximum absolute atomic E-state index is 3.56. The Bertz CT molecular complexity index is 317. The predicted octanol–water partition coefficient (Wildman–Crippen LogP) is 2.75. The number of hydrogen-bond donors (Lipinski definition) is 1. The summed E-state index contributed by atoms with van der Waals surface area (Å²) in [4.78, 5) is 2.71. The van der Waals surface area contributed by atoms with E-state index in [1.54, 1.807) is 11.3 Å². The summed E-state index contributed by atoms with van der Waals surface area (Å²) in [5, 5.41) is 8.02. The lowest BCUT2D eigenvalue weighted by atomic mass is 9.88. The zero-order valence-electron chi connectivity index (χ0n) is 11.0. The Balaban J connectivity index is 1.96. The molecule has 2 heterocycles. The van der Waals surface area contributed by atoms with Gasteiger partial charge in [0.05, 0.1) is 0 Å². The van der Waals surface area contributed by atoms with E-state index in [-0.39, 0.29) is 0 Å². The average Bonchev–Trinajstić information content (AvgIpc) is 2.90. The second-order valence-electron chi connectivity index (χ2n) is 4.98. The van der Waals surface area contributed by atoms with Crippen LogP contribution in [0.15, 0.2) is 16.8 Å². The fraction of sp³-hybridized carbons (Fsp3) is 0.714. The topological polar surface area (TPSA) is 15.3 Å². The van der Waals surface area contributed by atoms with Gasteiger partial charge in [0.1, 0.15) is 0 Å². The van der Waals surface area contributed by atoms with E-state index in [2.05, 4.69) is 40.9 Å². The molecule has 1 fully saturated rings. The minimum Gasteiger partial charge on any atom is -0.314 e. The Hall–Kier alpha value is -0.380. The summed E-state index contributed by atoms with van der Waals surface area (Å²) in [6.07, 6.45) is 3.70. The van der Waals surface area contributed by atoms with Crippen molar-refractivity contribution in [3.8, 4) is 0 Å². The Kier molecular flexibility index (Phi) is 4.60. The van der Waals surface area contributed by atoms with Crippen molar-refractivity contribution in [2.45, 2.75) is 38.6 Å². The predicted molar refractivity (Wildman–Crippen MR) is 75.8 cm³/mol. The van der Waals surface area contributed by atoms with Gasteiger partial charge in [-0.2, -0.15) is 11.3 Å². The molecule has 17 heavy (non-hydrogen) atoms. The maximum atomic E-state index is 3.56. The van der Waals surface area contributed by atoms with Gasteiger partial charge in [-0.15, -0.1) is 0 Å². The molecule has 3 heteroatoms. The van der Waals surface area contributed by atoms with Crippen LogP contribution in [0, 0.1) is 0 Å². The first-order valence-electron chi connectivity index (χ1n) is 6.77. The smallest absolute Gasteiger partial charge is 0.0329 e. The van der Waals surface area contributed by atoms with Gasteiger partial charge in [-0.25, -0.2) is 0 Å². The monoisotopic (exact) mass is 252 g/mol. The molecule has 1 aromatic rings. The number of nitrogens with one attached hydrogen (secondary N) is 1. The number of nitrogens with zero attached hydrogens (tertiary/aromatic N) is 1. The van der Waals surface area contributed by atoms with Gasteiger partial charge in [-0.3, -0.25) is 4.90 Å². The Labute approximate surface area is 109 Å². The van der Waals surface area contributed by atoms with Crippen LogP contribution in [0.2, 0.25) is 0 Å². The molecule has 1 saturated heterocycles. The van der Waals surface area contributed by atoms with Crippen molar-refractivity contribution in [3.63, 3.8) is 0 Å². The second kappa shape index (κ2) is 5.98. The molecule has 96 valence electrons. The van der Waals surface area contributed by atoms with Crippen molar-refractivity contribution in [1.82, 2.24) is 10.2 Å². The largest absolute Gasteiger partial charge is 0.314 e. The van der Waals surface area contributed by atoms with Crippen molar-refractivity contribution in [2.24, 2.45) is 0 Å². The Morgan fingerprint density at radius 2 is 2.24 bits per heavy atom. The molecular formula is C14H24N2S. The normalized spacial score (nSPS) is 20.6. The molecule has 0 atom stereocenters. The van der Waals surface area contributed by atoms with Gasteiger partial charge in [-0.1, -0.05) is 13.8 Å². The quantitative estimate of drug-likeness (QED) is 0.867. The lowest BCUT2D eigenvalue weighted by Crippen LogP contribution is -2.61. The van der Waals surface area contributed by atoms with Crippen LogP contribution in [0.1, 0.15) is 32.3 Å². The summed E-state index contributed by atoms with van der Waals surface area (Å²) in [5.74, 6) is 0. The SMILES string of the molecule is CCC1(CC)CNCCN1CCc1ccsc1. The third kappa shape index (κ3) is 2.90. The maximum Gasteiger partial charge on any atom is 0.0329 e. The molecule has 0 radical (unpaired) electrons. The van der Waals surface area contributed by atoms with E-state index in [4.69, 9.17) is 0 Å². The zero-order chi connectivity index (χ0) is 12.1. The van der Waals surface area contributed by atoms with E-state index >= 15 is 0 Å². The van der Waals surface area contributed by atoms with E-state index in [0.717, 1.165) is 13.1 Å². The van der Waals surface area contributed by atoms with Crippen LogP contribution in [0.25, 0.3) is 0 Å². The fourth-order valence-electron chi connectivity index (χ4n) is 2.88. The minimum atomic E-state index is 0.397. The molecule has 0 unspecified atom stereocenters. The Morgan fingerprint density at radius 3 is 2.88 bits per heavy atom. The molecule has 0 saturated carbocycles. The van der Waals surface area contributed by atoms with E-state index in [9.17, 15) is 0 Å². The number of piperazine rings is 1. The molecule has 1 N–H and O–H groups in total. The van der Waals surface area contributed by atoms with Crippen LogP contribution in [-0.2, 0) is 6.42 Å². The number of thiophene rings is 1. The Morgan fingerprint density at radius 1 is 1.41 bits per heavy atom. The van der Waals surface area contributed by atoms with Crippen molar-refractivity contribution in [1.29, 1.82) is 0 Å². The average molecular weight is 252 g/mol. The van der Waals surface area contributed by atoms with E-state index in [1.807, 2.05) is 0 Å².